The lowest BCUT2D eigenvalue weighted by atomic mass is 9.98. The van der Waals surface area contributed by atoms with Crippen molar-refractivity contribution in [3.63, 3.8) is 0 Å². The molecule has 2 rings (SSSR count). The Balaban J connectivity index is 0.00000338. The van der Waals surface area contributed by atoms with E-state index >= 15 is 0 Å². The zero-order chi connectivity index (χ0) is 18.1. The maximum atomic E-state index is 5.38. The molecule has 0 amide bonds. The van der Waals surface area contributed by atoms with Gasteiger partial charge in [-0.1, -0.05) is 20.8 Å². The highest BCUT2D eigenvalue weighted by Gasteiger charge is 2.17. The van der Waals surface area contributed by atoms with Gasteiger partial charge in [0.15, 0.2) is 5.96 Å². The zero-order valence-corrected chi connectivity index (χ0v) is 19.7. The Hall–Kier alpha value is -0.450. The molecule has 1 aromatic heterocycles. The molecule has 6 nitrogen and oxygen atoms in total. The highest BCUT2D eigenvalue weighted by Crippen LogP contribution is 2.25. The average Bonchev–Trinajstić information content (AvgIpc) is 3.07. The van der Waals surface area contributed by atoms with Gasteiger partial charge in [0.05, 0.1) is 30.5 Å². The number of hydrogen-bond donors (Lipinski definition) is 2. The Morgan fingerprint density at radius 1 is 1.31 bits per heavy atom. The molecule has 0 atom stereocenters. The van der Waals surface area contributed by atoms with Crippen LogP contribution in [0.15, 0.2) is 10.4 Å². The van der Waals surface area contributed by atoms with Crippen molar-refractivity contribution in [2.75, 3.05) is 45.9 Å². The van der Waals surface area contributed by atoms with Crippen molar-refractivity contribution >= 4 is 41.3 Å². The fraction of sp³-hybridized carbons (Fsp3) is 0.778. The number of nitrogens with one attached hydrogen (secondary N) is 2. The van der Waals surface area contributed by atoms with Crippen molar-refractivity contribution in [1.82, 2.24) is 20.5 Å². The van der Waals surface area contributed by atoms with E-state index in [-0.39, 0.29) is 29.4 Å². The van der Waals surface area contributed by atoms with E-state index in [0.29, 0.717) is 6.54 Å². The van der Waals surface area contributed by atoms with E-state index in [1.54, 1.807) is 11.3 Å². The third-order valence-corrected chi connectivity index (χ3v) is 5.30. The van der Waals surface area contributed by atoms with Crippen LogP contribution in [0.1, 0.15) is 44.8 Å². The molecule has 0 spiro atoms. The van der Waals surface area contributed by atoms with Gasteiger partial charge in [0, 0.05) is 37.0 Å². The molecule has 150 valence electrons. The number of halogens is 1. The van der Waals surface area contributed by atoms with Gasteiger partial charge < -0.3 is 15.4 Å². The molecule has 0 aliphatic carbocycles. The first kappa shape index (κ1) is 23.6. The van der Waals surface area contributed by atoms with E-state index in [4.69, 9.17) is 9.72 Å². The van der Waals surface area contributed by atoms with Crippen molar-refractivity contribution < 1.29 is 4.74 Å². The molecule has 1 fully saturated rings. The summed E-state index contributed by atoms with van der Waals surface area (Å²) < 4.78 is 5.38. The average molecular weight is 495 g/mol. The highest BCUT2D eigenvalue weighted by molar-refractivity contribution is 14.0. The van der Waals surface area contributed by atoms with Gasteiger partial charge >= 0.3 is 0 Å². The van der Waals surface area contributed by atoms with Crippen LogP contribution in [0.25, 0.3) is 0 Å². The maximum Gasteiger partial charge on any atom is 0.191 e. The molecule has 0 aromatic carbocycles. The first-order valence-corrected chi connectivity index (χ1v) is 10.1. The van der Waals surface area contributed by atoms with Gasteiger partial charge in [0.25, 0.3) is 0 Å². The van der Waals surface area contributed by atoms with Gasteiger partial charge in [-0.15, -0.1) is 35.3 Å². The third kappa shape index (κ3) is 8.49. The van der Waals surface area contributed by atoms with Crippen LogP contribution in [0.2, 0.25) is 0 Å². The number of guanidine groups is 1. The Labute approximate surface area is 179 Å². The Bertz CT molecular complexity index is 538. The van der Waals surface area contributed by atoms with Crippen molar-refractivity contribution in [1.29, 1.82) is 0 Å². The van der Waals surface area contributed by atoms with Gasteiger partial charge in [-0.25, -0.2) is 9.98 Å². The van der Waals surface area contributed by atoms with E-state index in [2.05, 4.69) is 53.6 Å². The van der Waals surface area contributed by atoms with Crippen LogP contribution < -0.4 is 10.6 Å². The molecule has 2 heterocycles. The van der Waals surface area contributed by atoms with Crippen LogP contribution in [-0.4, -0.2) is 61.8 Å². The summed E-state index contributed by atoms with van der Waals surface area (Å²) in [4.78, 5) is 11.8. The number of aliphatic imine (C=N–C) groups is 1. The normalized spacial score (nSPS) is 16.2. The first-order chi connectivity index (χ1) is 12.0. The topological polar surface area (TPSA) is 61.8 Å². The summed E-state index contributed by atoms with van der Waals surface area (Å²) >= 11 is 1.72. The van der Waals surface area contributed by atoms with Gasteiger partial charge in [-0.3, -0.25) is 4.90 Å². The number of hydrogen-bond acceptors (Lipinski definition) is 5. The Kier molecular flexibility index (Phi) is 11.0. The standard InChI is InChI=1S/C18H33N5OS.HI/c1-5-19-17(20-7-6-8-23-9-11-24-12-10-23)21-13-15-14-25-16(22-15)18(2,3)4;/h14H,5-13H2,1-4H3,(H2,19,20,21);1H. The monoisotopic (exact) mass is 495 g/mol. The van der Waals surface area contributed by atoms with E-state index in [1.807, 2.05) is 0 Å². The lowest BCUT2D eigenvalue weighted by Gasteiger charge is -2.26. The first-order valence-electron chi connectivity index (χ1n) is 9.26. The molecular formula is C18H34IN5OS. The van der Waals surface area contributed by atoms with E-state index in [9.17, 15) is 0 Å². The van der Waals surface area contributed by atoms with Gasteiger partial charge in [-0.2, -0.15) is 0 Å². The summed E-state index contributed by atoms with van der Waals surface area (Å²) in [5, 5.41) is 10.0. The quantitative estimate of drug-likeness (QED) is 0.264. The van der Waals surface area contributed by atoms with Crippen LogP contribution in [0, 0.1) is 0 Å². The smallest absolute Gasteiger partial charge is 0.191 e. The predicted octanol–water partition coefficient (Wildman–Crippen LogP) is 2.84. The molecule has 26 heavy (non-hydrogen) atoms. The second-order valence-electron chi connectivity index (χ2n) is 7.32. The lowest BCUT2D eigenvalue weighted by molar-refractivity contribution is 0.0376. The molecule has 1 aliphatic heterocycles. The van der Waals surface area contributed by atoms with Crippen LogP contribution >= 0.6 is 35.3 Å². The summed E-state index contributed by atoms with van der Waals surface area (Å²) in [6.07, 6.45) is 1.11. The highest BCUT2D eigenvalue weighted by atomic mass is 127. The number of thiazole rings is 1. The zero-order valence-electron chi connectivity index (χ0n) is 16.5. The SMILES string of the molecule is CCNC(=NCc1csc(C(C)(C)C)n1)NCCCN1CCOCC1.I. The fourth-order valence-corrected chi connectivity index (χ4v) is 3.46. The minimum Gasteiger partial charge on any atom is -0.379 e. The molecule has 0 saturated carbocycles. The second-order valence-corrected chi connectivity index (χ2v) is 8.18. The Morgan fingerprint density at radius 2 is 2.04 bits per heavy atom. The molecule has 0 bridgehead atoms. The summed E-state index contributed by atoms with van der Waals surface area (Å²) in [5.41, 5.74) is 1.15. The molecule has 0 radical (unpaired) electrons. The van der Waals surface area contributed by atoms with E-state index < -0.39 is 0 Å². The van der Waals surface area contributed by atoms with Gasteiger partial charge in [-0.05, 0) is 19.9 Å². The van der Waals surface area contributed by atoms with Crippen LogP contribution in [0.3, 0.4) is 0 Å². The van der Waals surface area contributed by atoms with E-state index in [0.717, 1.165) is 64.0 Å². The van der Waals surface area contributed by atoms with Crippen LogP contribution in [0.5, 0.6) is 0 Å². The van der Waals surface area contributed by atoms with Crippen LogP contribution in [-0.2, 0) is 16.7 Å². The minimum atomic E-state index is 0. The third-order valence-electron chi connectivity index (χ3n) is 3.98. The minimum absolute atomic E-state index is 0. The molecular weight excluding hydrogens is 461 g/mol. The molecule has 0 unspecified atom stereocenters. The van der Waals surface area contributed by atoms with Crippen molar-refractivity contribution in [2.45, 2.75) is 46.1 Å². The maximum absolute atomic E-state index is 5.38. The molecule has 1 aromatic rings. The predicted molar refractivity (Wildman–Crippen MR) is 121 cm³/mol. The number of nitrogens with zero attached hydrogens (tertiary/aromatic N) is 3. The Morgan fingerprint density at radius 3 is 2.65 bits per heavy atom. The summed E-state index contributed by atoms with van der Waals surface area (Å²) in [6.45, 7) is 16.0. The number of rotatable bonds is 7. The molecule has 2 N–H and O–H groups in total. The summed E-state index contributed by atoms with van der Waals surface area (Å²) in [7, 11) is 0. The molecule has 8 heteroatoms. The van der Waals surface area contributed by atoms with Crippen molar-refractivity contribution in [3.8, 4) is 0 Å². The molecule has 1 saturated heterocycles. The lowest BCUT2D eigenvalue weighted by Crippen LogP contribution is -2.40. The molecule has 1 aliphatic rings. The number of morpholine rings is 1. The number of ether oxygens (including phenoxy) is 1. The summed E-state index contributed by atoms with van der Waals surface area (Å²) in [6, 6.07) is 0. The van der Waals surface area contributed by atoms with Gasteiger partial charge in [0.2, 0.25) is 0 Å². The van der Waals surface area contributed by atoms with Crippen molar-refractivity contribution in [3.05, 3.63) is 16.1 Å². The number of aromatic nitrogens is 1. The summed E-state index contributed by atoms with van der Waals surface area (Å²) in [5.74, 6) is 0.870. The fourth-order valence-electron chi connectivity index (χ4n) is 2.56. The largest absolute Gasteiger partial charge is 0.379 e. The van der Waals surface area contributed by atoms with Gasteiger partial charge in [0.1, 0.15) is 0 Å². The van der Waals surface area contributed by atoms with Crippen LogP contribution in [0.4, 0.5) is 0 Å². The second kappa shape index (κ2) is 12.1. The van der Waals surface area contributed by atoms with Crippen molar-refractivity contribution in [2.24, 2.45) is 4.99 Å². The van der Waals surface area contributed by atoms with E-state index in [1.165, 1.54) is 5.01 Å².